The number of nitrogens with two attached hydrogens (primary N) is 1. The number of benzene rings is 1. The number of aromatic nitrogens is 2. The van der Waals surface area contributed by atoms with Gasteiger partial charge in [0.05, 0.1) is 7.11 Å². The predicted octanol–water partition coefficient (Wildman–Crippen LogP) is 2.04. The van der Waals surface area contributed by atoms with E-state index in [0.717, 1.165) is 25.9 Å². The van der Waals surface area contributed by atoms with Crippen LogP contribution in [-0.2, 0) is 30.8 Å². The number of ether oxygens (including phenoxy) is 1. The second kappa shape index (κ2) is 11.9. The number of likely N-dealkylation sites (tertiary alicyclic amines) is 1. The molecule has 5 rings (SSSR count). The van der Waals surface area contributed by atoms with E-state index < -0.39 is 39.8 Å². The number of hydrogen-bond donors (Lipinski definition) is 2. The van der Waals surface area contributed by atoms with E-state index in [1.165, 1.54) is 42.6 Å². The topological polar surface area (TPSA) is 148 Å². The van der Waals surface area contributed by atoms with Gasteiger partial charge in [-0.3, -0.25) is 4.79 Å². The third-order valence-electron chi connectivity index (χ3n) is 7.25. The molecule has 2 aliphatic rings. The number of fused-ring (bicyclic) bond motifs is 1. The van der Waals surface area contributed by atoms with E-state index in [1.807, 2.05) is 0 Å². The molecular weight excluding hydrogens is 563 g/mol. The van der Waals surface area contributed by atoms with Crippen LogP contribution in [-0.4, -0.2) is 74.0 Å². The number of pyridine rings is 2. The molecule has 0 bridgehead atoms. The Labute approximate surface area is 237 Å². The minimum absolute atomic E-state index is 0. The van der Waals surface area contributed by atoms with Gasteiger partial charge in [0.2, 0.25) is 15.9 Å². The molecule has 2 unspecified atom stereocenters. The van der Waals surface area contributed by atoms with Crippen molar-refractivity contribution < 1.29 is 27.1 Å². The van der Waals surface area contributed by atoms with Crippen LogP contribution in [0.25, 0.3) is 10.8 Å². The maximum atomic E-state index is 15.3. The number of halogens is 2. The predicted molar refractivity (Wildman–Crippen MR) is 149 cm³/mol. The normalized spacial score (nSPS) is 18.1. The van der Waals surface area contributed by atoms with Crippen molar-refractivity contribution >= 4 is 56.7 Å². The molecule has 1 aromatic carbocycles. The molecule has 0 radical (unpaired) electrons. The second-order valence-corrected chi connectivity index (χ2v) is 11.3. The first-order chi connectivity index (χ1) is 18.7. The highest BCUT2D eigenvalue weighted by atomic mass is 35.5. The molecule has 2 atom stereocenters. The van der Waals surface area contributed by atoms with Gasteiger partial charge in [-0.15, -0.1) is 12.4 Å². The van der Waals surface area contributed by atoms with E-state index in [1.54, 1.807) is 12.1 Å². The van der Waals surface area contributed by atoms with Crippen molar-refractivity contribution in [2.24, 2.45) is 0 Å². The average Bonchev–Trinajstić information content (AvgIpc) is 3.59. The van der Waals surface area contributed by atoms with Crippen molar-refractivity contribution in [1.82, 2.24) is 19.6 Å². The van der Waals surface area contributed by atoms with Crippen LogP contribution in [0, 0.1) is 5.82 Å². The van der Waals surface area contributed by atoms with Gasteiger partial charge in [-0.25, -0.2) is 27.6 Å². The smallest absolute Gasteiger partial charge is 0.328 e. The van der Waals surface area contributed by atoms with Gasteiger partial charge in [0.1, 0.15) is 34.4 Å². The van der Waals surface area contributed by atoms with Crippen molar-refractivity contribution in [1.29, 1.82) is 0 Å². The Kier molecular flexibility index (Phi) is 8.76. The van der Waals surface area contributed by atoms with Crippen LogP contribution < -0.4 is 15.4 Å². The van der Waals surface area contributed by atoms with E-state index in [2.05, 4.69) is 19.6 Å². The van der Waals surface area contributed by atoms with Gasteiger partial charge >= 0.3 is 5.97 Å². The first-order valence-corrected chi connectivity index (χ1v) is 14.1. The Morgan fingerprint density at radius 1 is 1.15 bits per heavy atom. The molecule has 3 aromatic rings. The molecular formula is C26H30ClFN6O5S. The van der Waals surface area contributed by atoms with Crippen LogP contribution >= 0.6 is 12.4 Å². The third-order valence-corrected chi connectivity index (χ3v) is 8.71. The number of methoxy groups -OCH3 is 1. The van der Waals surface area contributed by atoms with Gasteiger partial charge in [-0.05, 0) is 43.0 Å². The summed E-state index contributed by atoms with van der Waals surface area (Å²) in [6.07, 6.45) is 4.76. The van der Waals surface area contributed by atoms with Crippen LogP contribution in [0.4, 0.5) is 16.0 Å². The van der Waals surface area contributed by atoms with Gasteiger partial charge in [0.15, 0.2) is 0 Å². The summed E-state index contributed by atoms with van der Waals surface area (Å²) in [4.78, 5) is 37.5. The Morgan fingerprint density at radius 3 is 2.58 bits per heavy atom. The van der Waals surface area contributed by atoms with Crippen molar-refractivity contribution in [2.75, 3.05) is 37.4 Å². The summed E-state index contributed by atoms with van der Waals surface area (Å²) in [6.45, 7) is 1.84. The molecule has 2 fully saturated rings. The fourth-order valence-electron chi connectivity index (χ4n) is 5.15. The Hall–Kier alpha value is -3.55. The summed E-state index contributed by atoms with van der Waals surface area (Å²) in [5, 5.41) is 0.675. The lowest BCUT2D eigenvalue weighted by molar-refractivity contribution is -0.151. The number of hydrogen-bond acceptors (Lipinski definition) is 9. The third kappa shape index (κ3) is 5.67. The monoisotopic (exact) mass is 592 g/mol. The molecule has 40 heavy (non-hydrogen) atoms. The Balaban J connectivity index is 0.00000370. The van der Waals surface area contributed by atoms with Crippen LogP contribution in [0.15, 0.2) is 47.6 Å². The van der Waals surface area contributed by atoms with E-state index in [0.29, 0.717) is 11.2 Å². The maximum Gasteiger partial charge on any atom is 0.328 e. The van der Waals surface area contributed by atoms with Crippen molar-refractivity contribution in [2.45, 2.75) is 42.7 Å². The number of anilines is 2. The highest BCUT2D eigenvalue weighted by molar-refractivity contribution is 7.89. The summed E-state index contributed by atoms with van der Waals surface area (Å²) in [5.74, 6) is -1.03. The molecule has 11 nitrogen and oxygen atoms in total. The molecule has 2 aliphatic heterocycles. The zero-order valence-corrected chi connectivity index (χ0v) is 23.4. The first-order valence-electron chi connectivity index (χ1n) is 12.6. The summed E-state index contributed by atoms with van der Waals surface area (Å²) in [7, 11) is -2.88. The van der Waals surface area contributed by atoms with Crippen molar-refractivity contribution in [3.05, 3.63) is 54.1 Å². The molecule has 3 N–H and O–H groups in total. The number of carbonyl (C=O) groups is 2. The molecule has 14 heteroatoms. The number of carbonyl (C=O) groups excluding carboxylic acids is 2. The first kappa shape index (κ1) is 29.4. The number of esters is 1. The molecule has 0 saturated carbocycles. The second-order valence-electron chi connectivity index (χ2n) is 9.61. The van der Waals surface area contributed by atoms with Crippen LogP contribution in [0.5, 0.6) is 0 Å². The van der Waals surface area contributed by atoms with Gasteiger partial charge in [0.25, 0.3) is 0 Å². The minimum atomic E-state index is -4.06. The summed E-state index contributed by atoms with van der Waals surface area (Å²) in [6, 6.07) is 5.45. The van der Waals surface area contributed by atoms with Crippen LogP contribution in [0.3, 0.4) is 0 Å². The molecule has 0 spiro atoms. The lowest BCUT2D eigenvalue weighted by atomic mass is 10.0. The number of nitrogens with one attached hydrogen (secondary N) is 1. The van der Waals surface area contributed by atoms with E-state index in [9.17, 15) is 18.0 Å². The van der Waals surface area contributed by atoms with E-state index >= 15 is 4.39 Å². The lowest BCUT2D eigenvalue weighted by Gasteiger charge is -2.26. The average molecular weight is 593 g/mol. The molecule has 0 aliphatic carbocycles. The van der Waals surface area contributed by atoms with E-state index in [-0.39, 0.29) is 53.5 Å². The highest BCUT2D eigenvalue weighted by Gasteiger charge is 2.41. The van der Waals surface area contributed by atoms with Gasteiger partial charge in [-0.1, -0.05) is 12.1 Å². The van der Waals surface area contributed by atoms with Crippen LogP contribution in [0.2, 0.25) is 0 Å². The zero-order valence-electron chi connectivity index (χ0n) is 21.7. The number of sulfonamides is 1. The lowest BCUT2D eigenvalue weighted by Crippen LogP contribution is -2.48. The SMILES string of the molecule is COC(=O)C(Cc1ccc2c(N)nccc2c1F)N1CCC(NS(=O)(=O)c2ccc(N3CCCC3)nc2)C1=O.Cl. The standard InChI is InChI=1S/C26H29FN6O5S.ClH/c1-38-26(35)21(14-16-4-6-19-18(23(16)27)8-10-29-24(19)28)33-13-9-20(25(33)34)31-39(36,37)17-5-7-22(30-15-17)32-11-2-3-12-32;/h4-8,10,15,20-21,31H,2-3,9,11-14H2,1H3,(H2,28,29);1H. The maximum absolute atomic E-state index is 15.3. The molecule has 1 amide bonds. The molecule has 2 saturated heterocycles. The van der Waals surface area contributed by atoms with Crippen LogP contribution in [0.1, 0.15) is 24.8 Å². The Bertz CT molecular complexity index is 1520. The number of amides is 1. The van der Waals surface area contributed by atoms with Gasteiger partial charge in [0, 0.05) is 49.2 Å². The van der Waals surface area contributed by atoms with Gasteiger partial charge in [-0.2, -0.15) is 4.72 Å². The molecule has 214 valence electrons. The molecule has 2 aromatic heterocycles. The number of nitrogens with zero attached hydrogens (tertiary/aromatic N) is 4. The summed E-state index contributed by atoms with van der Waals surface area (Å²) >= 11 is 0. The largest absolute Gasteiger partial charge is 0.467 e. The quantitative estimate of drug-likeness (QED) is 0.375. The minimum Gasteiger partial charge on any atom is -0.467 e. The number of rotatable bonds is 8. The Morgan fingerprint density at radius 2 is 1.90 bits per heavy atom. The van der Waals surface area contributed by atoms with Crippen molar-refractivity contribution in [3.8, 4) is 0 Å². The summed E-state index contributed by atoms with van der Waals surface area (Å²) < 4.78 is 48.7. The molecule has 4 heterocycles. The van der Waals surface area contributed by atoms with Crippen molar-refractivity contribution in [3.63, 3.8) is 0 Å². The van der Waals surface area contributed by atoms with E-state index in [4.69, 9.17) is 10.5 Å². The zero-order chi connectivity index (χ0) is 27.7. The highest BCUT2D eigenvalue weighted by Crippen LogP contribution is 2.27. The van der Waals surface area contributed by atoms with Gasteiger partial charge < -0.3 is 20.3 Å². The summed E-state index contributed by atoms with van der Waals surface area (Å²) in [5.41, 5.74) is 6.03. The number of nitrogen functional groups attached to an aromatic ring is 1. The fraction of sp³-hybridized carbons (Fsp3) is 0.385. The fourth-order valence-corrected chi connectivity index (χ4v) is 6.32.